The fourth-order valence-electron chi connectivity index (χ4n) is 2.44. The number of hydrogen-bond acceptors (Lipinski definition) is 4. The van der Waals surface area contributed by atoms with Crippen LogP contribution in [0.3, 0.4) is 0 Å². The lowest BCUT2D eigenvalue weighted by molar-refractivity contribution is 0.509. The van der Waals surface area contributed by atoms with Gasteiger partial charge in [0.1, 0.15) is 5.01 Å². The van der Waals surface area contributed by atoms with E-state index in [1.807, 2.05) is 23.7 Å². The molecule has 3 N–H and O–H groups in total. The van der Waals surface area contributed by atoms with Crippen LogP contribution >= 0.6 is 11.3 Å². The van der Waals surface area contributed by atoms with Crippen molar-refractivity contribution in [3.63, 3.8) is 0 Å². The fraction of sp³-hybridized carbons (Fsp3) is 0.400. The molecule has 1 aliphatic carbocycles. The van der Waals surface area contributed by atoms with E-state index in [0.29, 0.717) is 11.5 Å². The second-order valence-electron chi connectivity index (χ2n) is 5.38. The molecule has 1 fully saturated rings. The lowest BCUT2D eigenvalue weighted by Crippen LogP contribution is -2.29. The minimum Gasteiger partial charge on any atom is -0.399 e. The van der Waals surface area contributed by atoms with E-state index < -0.39 is 0 Å². The SMILES string of the molecule is CC(NCC1(c2ccc(N)cc2)CC1)c1nccs1. The maximum absolute atomic E-state index is 5.75. The minimum atomic E-state index is 0.319. The Balaban J connectivity index is 1.65. The number of nitrogens with one attached hydrogen (secondary N) is 1. The lowest BCUT2D eigenvalue weighted by atomic mass is 9.95. The minimum absolute atomic E-state index is 0.319. The van der Waals surface area contributed by atoms with Crippen molar-refractivity contribution in [2.45, 2.75) is 31.2 Å². The third kappa shape index (κ3) is 2.65. The highest BCUT2D eigenvalue weighted by atomic mass is 32.1. The number of hydrogen-bond donors (Lipinski definition) is 2. The highest BCUT2D eigenvalue weighted by Gasteiger charge is 2.43. The average molecular weight is 273 g/mol. The third-order valence-corrected chi connectivity index (χ3v) is 4.90. The van der Waals surface area contributed by atoms with E-state index in [1.54, 1.807) is 11.3 Å². The molecule has 1 aromatic heterocycles. The molecule has 1 heterocycles. The summed E-state index contributed by atoms with van der Waals surface area (Å²) in [7, 11) is 0. The predicted molar refractivity (Wildman–Crippen MR) is 80.3 cm³/mol. The van der Waals surface area contributed by atoms with E-state index in [0.717, 1.165) is 17.2 Å². The maximum Gasteiger partial charge on any atom is 0.109 e. The van der Waals surface area contributed by atoms with E-state index in [-0.39, 0.29) is 0 Å². The number of thiazole rings is 1. The number of nitrogens with two attached hydrogens (primary N) is 1. The number of anilines is 1. The predicted octanol–water partition coefficient (Wildman–Crippen LogP) is 3.11. The Morgan fingerprint density at radius 3 is 2.68 bits per heavy atom. The fourth-order valence-corrected chi connectivity index (χ4v) is 3.11. The van der Waals surface area contributed by atoms with Gasteiger partial charge in [0, 0.05) is 29.2 Å². The summed E-state index contributed by atoms with van der Waals surface area (Å²) >= 11 is 1.71. The van der Waals surface area contributed by atoms with Crippen LogP contribution in [0.25, 0.3) is 0 Å². The van der Waals surface area contributed by atoms with Gasteiger partial charge in [-0.3, -0.25) is 0 Å². The molecule has 4 heteroatoms. The van der Waals surface area contributed by atoms with Crippen molar-refractivity contribution < 1.29 is 0 Å². The topological polar surface area (TPSA) is 50.9 Å². The van der Waals surface area contributed by atoms with Crippen LogP contribution in [0.15, 0.2) is 35.8 Å². The van der Waals surface area contributed by atoms with Gasteiger partial charge in [0.2, 0.25) is 0 Å². The summed E-state index contributed by atoms with van der Waals surface area (Å²) < 4.78 is 0. The summed E-state index contributed by atoms with van der Waals surface area (Å²) in [5.74, 6) is 0. The molecule has 1 unspecified atom stereocenters. The molecule has 0 bridgehead atoms. The Hall–Kier alpha value is -1.39. The van der Waals surface area contributed by atoms with Gasteiger partial charge in [0.25, 0.3) is 0 Å². The molecule has 100 valence electrons. The van der Waals surface area contributed by atoms with Crippen LogP contribution in [-0.4, -0.2) is 11.5 Å². The quantitative estimate of drug-likeness (QED) is 0.823. The van der Waals surface area contributed by atoms with Gasteiger partial charge >= 0.3 is 0 Å². The van der Waals surface area contributed by atoms with Crippen molar-refractivity contribution in [3.8, 4) is 0 Å². The van der Waals surface area contributed by atoms with Gasteiger partial charge in [-0.05, 0) is 37.5 Å². The number of rotatable bonds is 5. The van der Waals surface area contributed by atoms with Crippen LogP contribution in [0.1, 0.15) is 36.4 Å². The molecule has 0 spiro atoms. The van der Waals surface area contributed by atoms with Crippen LogP contribution in [0.5, 0.6) is 0 Å². The Bertz CT molecular complexity index is 529. The van der Waals surface area contributed by atoms with Gasteiger partial charge in [0.05, 0.1) is 6.04 Å². The standard InChI is InChI=1S/C15H19N3S/c1-11(14-17-8-9-19-14)18-10-15(6-7-15)12-2-4-13(16)5-3-12/h2-5,8-9,11,18H,6-7,10,16H2,1H3. The number of nitrogen functional groups attached to an aromatic ring is 1. The van der Waals surface area contributed by atoms with Crippen LogP contribution in [0.4, 0.5) is 5.69 Å². The van der Waals surface area contributed by atoms with E-state index in [2.05, 4.69) is 29.4 Å². The molecule has 2 aromatic rings. The zero-order chi connectivity index (χ0) is 13.3. The van der Waals surface area contributed by atoms with Crippen molar-refractivity contribution >= 4 is 17.0 Å². The molecule has 1 aromatic carbocycles. The Morgan fingerprint density at radius 2 is 2.11 bits per heavy atom. The molecule has 3 rings (SSSR count). The van der Waals surface area contributed by atoms with Crippen molar-refractivity contribution in [2.24, 2.45) is 0 Å². The van der Waals surface area contributed by atoms with E-state index in [1.165, 1.54) is 18.4 Å². The summed E-state index contributed by atoms with van der Waals surface area (Å²) in [6.45, 7) is 3.19. The Morgan fingerprint density at radius 1 is 1.37 bits per heavy atom. The van der Waals surface area contributed by atoms with Crippen molar-refractivity contribution in [1.29, 1.82) is 0 Å². The first kappa shape index (κ1) is 12.6. The summed E-state index contributed by atoms with van der Waals surface area (Å²) in [6.07, 6.45) is 4.38. The molecule has 1 atom stereocenters. The van der Waals surface area contributed by atoms with Gasteiger partial charge < -0.3 is 11.1 Å². The highest BCUT2D eigenvalue weighted by molar-refractivity contribution is 7.09. The van der Waals surface area contributed by atoms with E-state index >= 15 is 0 Å². The molecule has 0 aliphatic heterocycles. The first-order valence-electron chi connectivity index (χ1n) is 6.68. The number of nitrogens with zero attached hydrogens (tertiary/aromatic N) is 1. The smallest absolute Gasteiger partial charge is 0.109 e. The van der Waals surface area contributed by atoms with E-state index in [4.69, 9.17) is 5.73 Å². The Kier molecular flexibility index (Phi) is 3.29. The van der Waals surface area contributed by atoms with Crippen molar-refractivity contribution in [3.05, 3.63) is 46.4 Å². The van der Waals surface area contributed by atoms with Gasteiger partial charge in [-0.25, -0.2) is 4.98 Å². The van der Waals surface area contributed by atoms with Crippen molar-refractivity contribution in [1.82, 2.24) is 10.3 Å². The molecular formula is C15H19N3S. The van der Waals surface area contributed by atoms with Gasteiger partial charge in [-0.2, -0.15) is 0 Å². The molecule has 0 saturated heterocycles. The summed E-state index contributed by atoms with van der Waals surface area (Å²) in [4.78, 5) is 4.36. The van der Waals surface area contributed by atoms with Gasteiger partial charge in [-0.1, -0.05) is 12.1 Å². The van der Waals surface area contributed by atoms with E-state index in [9.17, 15) is 0 Å². The average Bonchev–Trinajstić information content (AvgIpc) is 3.01. The normalized spacial score (nSPS) is 18.2. The number of benzene rings is 1. The first-order valence-corrected chi connectivity index (χ1v) is 7.56. The van der Waals surface area contributed by atoms with Crippen molar-refractivity contribution in [2.75, 3.05) is 12.3 Å². The molecule has 0 radical (unpaired) electrons. The highest BCUT2D eigenvalue weighted by Crippen LogP contribution is 2.48. The second kappa shape index (κ2) is 4.94. The van der Waals surface area contributed by atoms with Crippen LogP contribution in [0, 0.1) is 0 Å². The molecule has 19 heavy (non-hydrogen) atoms. The molecule has 0 amide bonds. The zero-order valence-electron chi connectivity index (χ0n) is 11.1. The summed E-state index contributed by atoms with van der Waals surface area (Å²) in [5, 5.41) is 6.81. The molecule has 1 aliphatic rings. The monoisotopic (exact) mass is 273 g/mol. The van der Waals surface area contributed by atoms with Crippen LogP contribution in [0.2, 0.25) is 0 Å². The summed E-state index contributed by atoms with van der Waals surface area (Å²) in [5.41, 5.74) is 8.31. The molecule has 3 nitrogen and oxygen atoms in total. The second-order valence-corrected chi connectivity index (χ2v) is 6.30. The van der Waals surface area contributed by atoms with Gasteiger partial charge in [-0.15, -0.1) is 11.3 Å². The lowest BCUT2D eigenvalue weighted by Gasteiger charge is -2.19. The molecule has 1 saturated carbocycles. The zero-order valence-corrected chi connectivity index (χ0v) is 11.9. The molecular weight excluding hydrogens is 254 g/mol. The summed E-state index contributed by atoms with van der Waals surface area (Å²) in [6, 6.07) is 8.65. The van der Waals surface area contributed by atoms with Crippen LogP contribution in [-0.2, 0) is 5.41 Å². The number of aromatic nitrogens is 1. The Labute approximate surface area is 117 Å². The maximum atomic E-state index is 5.75. The first-order chi connectivity index (χ1) is 9.20. The van der Waals surface area contributed by atoms with Crippen LogP contribution < -0.4 is 11.1 Å². The third-order valence-electron chi connectivity index (χ3n) is 3.95. The van der Waals surface area contributed by atoms with Gasteiger partial charge in [0.15, 0.2) is 0 Å². The largest absolute Gasteiger partial charge is 0.399 e.